The van der Waals surface area contributed by atoms with Crippen LogP contribution in [-0.4, -0.2) is 57.9 Å². The minimum atomic E-state index is -4.60. The van der Waals surface area contributed by atoms with Crippen molar-refractivity contribution in [1.82, 2.24) is 19.9 Å². The zero-order valence-corrected chi connectivity index (χ0v) is 21.8. The third kappa shape index (κ3) is 4.52. The Labute approximate surface area is 228 Å². The van der Waals surface area contributed by atoms with Crippen molar-refractivity contribution in [2.45, 2.75) is 56.2 Å². The fourth-order valence-corrected chi connectivity index (χ4v) is 6.49. The Kier molecular flexibility index (Phi) is 6.07. The summed E-state index contributed by atoms with van der Waals surface area (Å²) in [6, 6.07) is 11.5. The summed E-state index contributed by atoms with van der Waals surface area (Å²) < 4.78 is 66.6. The normalized spacial score (nSPS) is 18.9. The maximum Gasteiger partial charge on any atom is 0.422 e. The summed E-state index contributed by atoms with van der Waals surface area (Å²) in [7, 11) is 0. The molecule has 6 nitrogen and oxygen atoms in total. The minimum absolute atomic E-state index is 0.0398. The van der Waals surface area contributed by atoms with E-state index in [1.54, 1.807) is 0 Å². The quantitative estimate of drug-likeness (QED) is 0.235. The van der Waals surface area contributed by atoms with Gasteiger partial charge in [-0.2, -0.15) is 23.1 Å². The van der Waals surface area contributed by atoms with Crippen LogP contribution in [0.25, 0.3) is 32.9 Å². The van der Waals surface area contributed by atoms with E-state index < -0.39 is 24.5 Å². The lowest BCUT2D eigenvalue weighted by Gasteiger charge is -2.31. The van der Waals surface area contributed by atoms with Crippen LogP contribution in [0.15, 0.2) is 42.6 Å². The number of halogens is 4. The molecule has 1 aliphatic carbocycles. The van der Waals surface area contributed by atoms with Crippen molar-refractivity contribution in [3.63, 3.8) is 0 Å². The molecule has 2 aromatic carbocycles. The van der Waals surface area contributed by atoms with Crippen LogP contribution >= 0.6 is 0 Å². The number of hydrogen-bond acceptors (Lipinski definition) is 6. The van der Waals surface area contributed by atoms with Gasteiger partial charge in [0.15, 0.2) is 12.4 Å². The molecule has 0 atom stereocenters. The van der Waals surface area contributed by atoms with Crippen molar-refractivity contribution in [3.8, 4) is 23.1 Å². The van der Waals surface area contributed by atoms with Crippen molar-refractivity contribution < 1.29 is 27.0 Å². The van der Waals surface area contributed by atoms with Gasteiger partial charge in [-0.3, -0.25) is 9.88 Å². The first-order valence-corrected chi connectivity index (χ1v) is 13.8. The van der Waals surface area contributed by atoms with Crippen LogP contribution in [0.2, 0.25) is 0 Å². The van der Waals surface area contributed by atoms with Crippen LogP contribution in [0, 0.1) is 5.82 Å². The standard InChI is InChI=1S/C30H28F4N4O2/c31-24-25(21-8-2-6-19-5-1-7-20(23(19)21)18-9-10-18)35-15-22-26(24)36-28(37-27(22)39-17-30(32,33)34)40-16-29-11-3-13-38(29)14-4-12-29/h1-2,5-8,15,18H,3-4,9-14,16-17H2. The molecule has 1 saturated carbocycles. The van der Waals surface area contributed by atoms with Gasteiger partial charge in [-0.15, -0.1) is 0 Å². The highest BCUT2D eigenvalue weighted by Crippen LogP contribution is 2.46. The maximum atomic E-state index is 16.3. The molecule has 3 aliphatic rings. The molecular weight excluding hydrogens is 524 g/mol. The zero-order chi connectivity index (χ0) is 27.5. The molecule has 0 N–H and O–H groups in total. The first-order valence-electron chi connectivity index (χ1n) is 13.8. The van der Waals surface area contributed by atoms with E-state index in [0.29, 0.717) is 11.5 Å². The lowest BCUT2D eigenvalue weighted by atomic mass is 9.94. The summed E-state index contributed by atoms with van der Waals surface area (Å²) in [5.41, 5.74) is 1.52. The molecule has 2 saturated heterocycles. The van der Waals surface area contributed by atoms with Crippen molar-refractivity contribution in [2.24, 2.45) is 0 Å². The van der Waals surface area contributed by atoms with Gasteiger partial charge < -0.3 is 9.47 Å². The van der Waals surface area contributed by atoms with E-state index in [-0.39, 0.29) is 34.8 Å². The van der Waals surface area contributed by atoms with Crippen LogP contribution in [0.4, 0.5) is 17.6 Å². The highest BCUT2D eigenvalue weighted by atomic mass is 19.4. The Morgan fingerprint density at radius 2 is 1.73 bits per heavy atom. The molecule has 2 aliphatic heterocycles. The Bertz CT molecular complexity index is 1590. The number of ether oxygens (including phenoxy) is 2. The fourth-order valence-electron chi connectivity index (χ4n) is 6.49. The third-order valence-corrected chi connectivity index (χ3v) is 8.49. The molecule has 0 radical (unpaired) electrons. The van der Waals surface area contributed by atoms with E-state index in [0.717, 1.165) is 68.0 Å². The second kappa shape index (κ2) is 9.54. The van der Waals surface area contributed by atoms with Crippen molar-refractivity contribution in [1.29, 1.82) is 0 Å². The molecule has 0 spiro atoms. The van der Waals surface area contributed by atoms with Crippen molar-refractivity contribution in [3.05, 3.63) is 54.0 Å². The van der Waals surface area contributed by atoms with E-state index in [9.17, 15) is 13.2 Å². The molecule has 7 rings (SSSR count). The summed E-state index contributed by atoms with van der Waals surface area (Å²) >= 11 is 0. The topological polar surface area (TPSA) is 60.4 Å². The average molecular weight is 553 g/mol. The SMILES string of the molecule is Fc1c(-c2cccc3cccc(C4CC4)c23)ncc2c(OCC(F)(F)F)nc(OCC34CCCN3CCC4)nc12. The summed E-state index contributed by atoms with van der Waals surface area (Å²) in [4.78, 5) is 15.2. The van der Waals surface area contributed by atoms with Gasteiger partial charge in [-0.25, -0.2) is 4.39 Å². The molecule has 4 aromatic rings. The van der Waals surface area contributed by atoms with E-state index in [2.05, 4.69) is 25.9 Å². The average Bonchev–Trinajstić information content (AvgIpc) is 3.59. The van der Waals surface area contributed by atoms with Gasteiger partial charge in [-0.1, -0.05) is 36.4 Å². The summed E-state index contributed by atoms with van der Waals surface area (Å²) in [6.45, 7) is 0.678. The zero-order valence-electron chi connectivity index (χ0n) is 21.8. The van der Waals surface area contributed by atoms with Gasteiger partial charge in [0.05, 0.1) is 10.9 Å². The Morgan fingerprint density at radius 3 is 2.45 bits per heavy atom. The van der Waals surface area contributed by atoms with Gasteiger partial charge >= 0.3 is 12.2 Å². The summed E-state index contributed by atoms with van der Waals surface area (Å²) in [5.74, 6) is -0.733. The lowest BCUT2D eigenvalue weighted by Crippen LogP contribution is -2.43. The molecule has 10 heteroatoms. The highest BCUT2D eigenvalue weighted by Gasteiger charge is 2.45. The molecule has 0 unspecified atom stereocenters. The van der Waals surface area contributed by atoms with Gasteiger partial charge in [0, 0.05) is 11.8 Å². The molecule has 3 fully saturated rings. The largest absolute Gasteiger partial charge is 0.467 e. The fraction of sp³-hybridized carbons (Fsp3) is 0.433. The smallest absolute Gasteiger partial charge is 0.422 e. The Balaban J connectivity index is 1.33. The summed E-state index contributed by atoms with van der Waals surface area (Å²) in [6.07, 6.45) is 2.88. The second-order valence-electron chi connectivity index (χ2n) is 11.1. The van der Waals surface area contributed by atoms with Crippen molar-refractivity contribution in [2.75, 3.05) is 26.3 Å². The van der Waals surface area contributed by atoms with Crippen molar-refractivity contribution >= 4 is 21.7 Å². The predicted molar refractivity (Wildman–Crippen MR) is 142 cm³/mol. The maximum absolute atomic E-state index is 16.3. The number of aromatic nitrogens is 3. The molecule has 2 aromatic heterocycles. The second-order valence-corrected chi connectivity index (χ2v) is 11.1. The van der Waals surface area contributed by atoms with Gasteiger partial charge in [0.1, 0.15) is 17.8 Å². The first-order chi connectivity index (χ1) is 19.3. The minimum Gasteiger partial charge on any atom is -0.467 e. The Hall–Kier alpha value is -3.53. The number of nitrogens with zero attached hydrogens (tertiary/aromatic N) is 4. The molecule has 4 heterocycles. The highest BCUT2D eigenvalue weighted by molar-refractivity contribution is 6.00. The van der Waals surface area contributed by atoms with Crippen LogP contribution in [0.5, 0.6) is 11.9 Å². The number of rotatable bonds is 7. The number of pyridine rings is 1. The number of alkyl halides is 3. The summed E-state index contributed by atoms with van der Waals surface area (Å²) in [5, 5.41) is 1.86. The van der Waals surface area contributed by atoms with E-state index in [1.165, 1.54) is 6.20 Å². The number of fused-ring (bicyclic) bond motifs is 3. The van der Waals surface area contributed by atoms with Crippen LogP contribution < -0.4 is 9.47 Å². The predicted octanol–water partition coefficient (Wildman–Crippen LogP) is 6.81. The van der Waals surface area contributed by atoms with E-state index in [4.69, 9.17) is 9.47 Å². The first kappa shape index (κ1) is 25.4. The molecule has 0 amide bonds. The number of hydrogen-bond donors (Lipinski definition) is 0. The van der Waals surface area contributed by atoms with Crippen LogP contribution in [-0.2, 0) is 0 Å². The van der Waals surface area contributed by atoms with E-state index in [1.807, 2.05) is 30.3 Å². The monoisotopic (exact) mass is 552 g/mol. The van der Waals surface area contributed by atoms with Crippen LogP contribution in [0.3, 0.4) is 0 Å². The Morgan fingerprint density at radius 1 is 0.975 bits per heavy atom. The molecule has 40 heavy (non-hydrogen) atoms. The van der Waals surface area contributed by atoms with Gasteiger partial charge in [-0.05, 0) is 73.9 Å². The number of benzene rings is 2. The molecular formula is C30H28F4N4O2. The van der Waals surface area contributed by atoms with Crippen LogP contribution in [0.1, 0.15) is 50.0 Å². The van der Waals surface area contributed by atoms with Gasteiger partial charge in [0.25, 0.3) is 0 Å². The third-order valence-electron chi connectivity index (χ3n) is 8.49. The molecule has 0 bridgehead atoms. The van der Waals surface area contributed by atoms with Gasteiger partial charge in [0.2, 0.25) is 5.88 Å². The lowest BCUT2D eigenvalue weighted by molar-refractivity contribution is -0.153. The van der Waals surface area contributed by atoms with E-state index >= 15 is 4.39 Å². The molecule has 208 valence electrons.